The van der Waals surface area contributed by atoms with E-state index in [2.05, 4.69) is 4.98 Å². The number of nitrogens with zero attached hydrogens (tertiary/aromatic N) is 2. The monoisotopic (exact) mass is 238 g/mol. The summed E-state index contributed by atoms with van der Waals surface area (Å²) < 4.78 is 5.43. The molecule has 1 amide bonds. The first kappa shape index (κ1) is 13.4. The quantitative estimate of drug-likeness (QED) is 0.821. The van der Waals surface area contributed by atoms with Gasteiger partial charge in [-0.2, -0.15) is 0 Å². The number of carbonyl (C=O) groups is 1. The highest BCUT2D eigenvalue weighted by molar-refractivity contribution is 5.75. The van der Waals surface area contributed by atoms with Gasteiger partial charge in [0.15, 0.2) is 0 Å². The van der Waals surface area contributed by atoms with Crippen LogP contribution in [0.1, 0.15) is 17.8 Å². The van der Waals surface area contributed by atoms with E-state index < -0.39 is 0 Å². The molecule has 1 aromatic heterocycles. The van der Waals surface area contributed by atoms with Crippen LogP contribution in [0.2, 0.25) is 0 Å². The van der Waals surface area contributed by atoms with Gasteiger partial charge in [-0.15, -0.1) is 0 Å². The Labute approximate surface area is 101 Å². The Morgan fingerprint density at radius 1 is 1.47 bits per heavy atom. The maximum atomic E-state index is 11.3. The van der Waals surface area contributed by atoms with Crippen molar-refractivity contribution in [3.05, 3.63) is 23.5 Å². The van der Waals surface area contributed by atoms with Crippen LogP contribution in [0.4, 0.5) is 0 Å². The molecule has 0 unspecified atom stereocenters. The number of hydrogen-bond acceptors (Lipinski definition) is 4. The van der Waals surface area contributed by atoms with Gasteiger partial charge in [-0.3, -0.25) is 9.78 Å². The van der Waals surface area contributed by atoms with E-state index in [0.29, 0.717) is 17.9 Å². The fourth-order valence-electron chi connectivity index (χ4n) is 1.31. The lowest BCUT2D eigenvalue weighted by Gasteiger charge is -2.12. The van der Waals surface area contributed by atoms with E-state index in [-0.39, 0.29) is 19.1 Å². The van der Waals surface area contributed by atoms with Gasteiger partial charge in [-0.25, -0.2) is 0 Å². The largest absolute Gasteiger partial charge is 0.491 e. The molecule has 0 aromatic carbocycles. The van der Waals surface area contributed by atoms with Crippen molar-refractivity contribution < 1.29 is 14.6 Å². The van der Waals surface area contributed by atoms with Crippen molar-refractivity contribution in [2.75, 3.05) is 20.7 Å². The summed E-state index contributed by atoms with van der Waals surface area (Å²) >= 11 is 0. The third-order valence-electron chi connectivity index (χ3n) is 2.29. The van der Waals surface area contributed by atoms with Crippen LogP contribution < -0.4 is 4.74 Å². The number of amides is 1. The molecule has 17 heavy (non-hydrogen) atoms. The number of hydrogen-bond donors (Lipinski definition) is 1. The fourth-order valence-corrected chi connectivity index (χ4v) is 1.31. The van der Waals surface area contributed by atoms with Gasteiger partial charge >= 0.3 is 0 Å². The smallest absolute Gasteiger partial charge is 0.225 e. The molecule has 1 N–H and O–H groups in total. The summed E-state index contributed by atoms with van der Waals surface area (Å²) in [7, 11) is 3.41. The molecule has 0 aliphatic carbocycles. The predicted octanol–water partition coefficient (Wildman–Crippen LogP) is 0.739. The third-order valence-corrected chi connectivity index (χ3v) is 2.29. The first-order chi connectivity index (χ1) is 8.04. The maximum absolute atomic E-state index is 11.3. The highest BCUT2D eigenvalue weighted by Gasteiger charge is 2.07. The van der Waals surface area contributed by atoms with Gasteiger partial charge in [0.2, 0.25) is 5.91 Å². The molecule has 0 spiro atoms. The number of aliphatic hydroxyl groups excluding tert-OH is 1. The average molecular weight is 238 g/mol. The van der Waals surface area contributed by atoms with Crippen molar-refractivity contribution in [1.82, 2.24) is 9.88 Å². The van der Waals surface area contributed by atoms with Crippen molar-refractivity contribution in [1.29, 1.82) is 0 Å². The van der Waals surface area contributed by atoms with E-state index in [1.807, 2.05) is 13.0 Å². The number of carbonyl (C=O) groups excluding carboxylic acids is 1. The van der Waals surface area contributed by atoms with Crippen molar-refractivity contribution in [2.45, 2.75) is 20.0 Å². The maximum Gasteiger partial charge on any atom is 0.225 e. The standard InChI is InChI=1S/C12H18N2O3/c1-9-4-5-11(10(8-15)13-9)17-7-6-12(16)14(2)3/h4-5,15H,6-8H2,1-3H3. The minimum atomic E-state index is -0.168. The highest BCUT2D eigenvalue weighted by atomic mass is 16.5. The van der Waals surface area contributed by atoms with Crippen LogP contribution in [-0.4, -0.2) is 41.6 Å². The van der Waals surface area contributed by atoms with E-state index in [1.54, 1.807) is 20.2 Å². The first-order valence-corrected chi connectivity index (χ1v) is 5.45. The van der Waals surface area contributed by atoms with E-state index in [1.165, 1.54) is 4.90 Å². The van der Waals surface area contributed by atoms with Gasteiger partial charge in [0.05, 0.1) is 19.6 Å². The summed E-state index contributed by atoms with van der Waals surface area (Å²) in [6.45, 7) is 1.96. The lowest BCUT2D eigenvalue weighted by Crippen LogP contribution is -2.23. The number of aliphatic hydroxyl groups is 1. The van der Waals surface area contributed by atoms with Crippen molar-refractivity contribution in [3.8, 4) is 5.75 Å². The molecule has 0 atom stereocenters. The van der Waals surface area contributed by atoms with Gasteiger partial charge in [-0.1, -0.05) is 0 Å². The number of pyridine rings is 1. The second-order valence-corrected chi connectivity index (χ2v) is 3.94. The molecule has 94 valence electrons. The van der Waals surface area contributed by atoms with Gasteiger partial charge in [-0.05, 0) is 19.1 Å². The zero-order valence-electron chi connectivity index (χ0n) is 10.4. The molecule has 1 heterocycles. The zero-order chi connectivity index (χ0) is 12.8. The molecular weight excluding hydrogens is 220 g/mol. The Bertz CT molecular complexity index is 391. The Hall–Kier alpha value is -1.62. The van der Waals surface area contributed by atoms with E-state index in [9.17, 15) is 4.79 Å². The summed E-state index contributed by atoms with van der Waals surface area (Å²) in [5, 5.41) is 9.12. The Balaban J connectivity index is 2.54. The van der Waals surface area contributed by atoms with Crippen molar-refractivity contribution in [2.24, 2.45) is 0 Å². The van der Waals surface area contributed by atoms with Crippen LogP contribution in [0.15, 0.2) is 12.1 Å². The predicted molar refractivity (Wildman–Crippen MR) is 63.7 cm³/mol. The summed E-state index contributed by atoms with van der Waals surface area (Å²) in [5.74, 6) is 0.542. The van der Waals surface area contributed by atoms with Crippen LogP contribution in [0.25, 0.3) is 0 Å². The molecule has 0 aliphatic heterocycles. The average Bonchev–Trinajstić information content (AvgIpc) is 2.30. The topological polar surface area (TPSA) is 62.7 Å². The summed E-state index contributed by atoms with van der Waals surface area (Å²) in [4.78, 5) is 17.0. The van der Waals surface area contributed by atoms with Gasteiger partial charge < -0.3 is 14.7 Å². The molecule has 0 bridgehead atoms. The zero-order valence-corrected chi connectivity index (χ0v) is 10.4. The van der Waals surface area contributed by atoms with Gasteiger partial charge in [0.1, 0.15) is 11.4 Å². The van der Waals surface area contributed by atoms with E-state index in [0.717, 1.165) is 5.69 Å². The Kier molecular flexibility index (Phi) is 4.90. The number of aromatic nitrogens is 1. The lowest BCUT2D eigenvalue weighted by atomic mass is 10.3. The van der Waals surface area contributed by atoms with Crippen molar-refractivity contribution in [3.63, 3.8) is 0 Å². The SMILES string of the molecule is Cc1ccc(OCCC(=O)N(C)C)c(CO)n1. The van der Waals surface area contributed by atoms with Crippen molar-refractivity contribution >= 4 is 5.91 Å². The third kappa shape index (κ3) is 4.03. The van der Waals surface area contributed by atoms with Gasteiger partial charge in [0, 0.05) is 19.8 Å². The van der Waals surface area contributed by atoms with Crippen LogP contribution in [0, 0.1) is 6.92 Å². The molecule has 1 rings (SSSR count). The van der Waals surface area contributed by atoms with Gasteiger partial charge in [0.25, 0.3) is 0 Å². The molecule has 1 aromatic rings. The molecule has 0 saturated heterocycles. The molecule has 0 fully saturated rings. The van der Waals surface area contributed by atoms with Crippen LogP contribution >= 0.6 is 0 Å². The molecule has 5 nitrogen and oxygen atoms in total. The molecule has 5 heteroatoms. The minimum Gasteiger partial charge on any atom is -0.491 e. The van der Waals surface area contributed by atoms with Crippen LogP contribution in [0.3, 0.4) is 0 Å². The second kappa shape index (κ2) is 6.20. The Morgan fingerprint density at radius 2 is 2.18 bits per heavy atom. The summed E-state index contributed by atoms with van der Waals surface area (Å²) in [6, 6.07) is 3.57. The molecular formula is C12H18N2O3. The fraction of sp³-hybridized carbons (Fsp3) is 0.500. The molecule has 0 radical (unpaired) electrons. The Morgan fingerprint density at radius 3 is 2.76 bits per heavy atom. The molecule has 0 aliphatic rings. The number of aryl methyl sites for hydroxylation is 1. The first-order valence-electron chi connectivity index (χ1n) is 5.45. The van der Waals surface area contributed by atoms with Crippen LogP contribution in [0.5, 0.6) is 5.75 Å². The summed E-state index contributed by atoms with van der Waals surface area (Å²) in [6.07, 6.45) is 0.311. The molecule has 0 saturated carbocycles. The lowest BCUT2D eigenvalue weighted by molar-refractivity contribution is -0.129. The van der Waals surface area contributed by atoms with Crippen LogP contribution in [-0.2, 0) is 11.4 Å². The number of ether oxygens (including phenoxy) is 1. The highest BCUT2D eigenvalue weighted by Crippen LogP contribution is 2.16. The number of rotatable bonds is 5. The summed E-state index contributed by atoms with van der Waals surface area (Å²) in [5.41, 5.74) is 1.33. The second-order valence-electron chi connectivity index (χ2n) is 3.94. The van der Waals surface area contributed by atoms with E-state index >= 15 is 0 Å². The normalized spacial score (nSPS) is 10.1. The van der Waals surface area contributed by atoms with E-state index in [4.69, 9.17) is 9.84 Å². The minimum absolute atomic E-state index is 0.00983.